The maximum absolute atomic E-state index is 10.3. The van der Waals surface area contributed by atoms with Crippen molar-refractivity contribution in [3.8, 4) is 0 Å². The molecule has 0 aliphatic heterocycles. The third kappa shape index (κ3) is 5.83. The summed E-state index contributed by atoms with van der Waals surface area (Å²) in [5.41, 5.74) is 0. The first-order valence-corrected chi connectivity index (χ1v) is 4.00. The largest absolute Gasteiger partial charge is 0.236 e. The predicted octanol–water partition coefficient (Wildman–Crippen LogP) is 2.80. The van der Waals surface area contributed by atoms with Gasteiger partial charge in [0.15, 0.2) is 0 Å². The van der Waals surface area contributed by atoms with Crippen molar-refractivity contribution in [1.29, 1.82) is 0 Å². The molecule has 1 nitrogen and oxygen atoms in total. The Hall–Kier alpha value is -0.300. The van der Waals surface area contributed by atoms with Crippen LogP contribution in [0.5, 0.6) is 0 Å². The fourth-order valence-corrected chi connectivity index (χ4v) is 0.834. The fourth-order valence-electron chi connectivity index (χ4n) is 0.834. The molecule has 10 heavy (non-hydrogen) atoms. The van der Waals surface area contributed by atoms with Gasteiger partial charge in [0.05, 0.1) is 6.61 Å². The average Bonchev–Trinajstić information content (AvgIpc) is 1.98. The summed E-state index contributed by atoms with van der Waals surface area (Å²) in [6, 6.07) is 0. The van der Waals surface area contributed by atoms with Crippen molar-refractivity contribution in [2.24, 2.45) is 5.92 Å². The van der Waals surface area contributed by atoms with Gasteiger partial charge in [-0.15, -0.1) is 0 Å². The maximum atomic E-state index is 10.3. The Bertz CT molecular complexity index is 86.7. The third-order valence-corrected chi connectivity index (χ3v) is 1.59. The van der Waals surface area contributed by atoms with Gasteiger partial charge in [0.2, 0.25) is 0 Å². The lowest BCUT2D eigenvalue weighted by molar-refractivity contribution is 0.146. The molecule has 1 unspecified atom stereocenters. The highest BCUT2D eigenvalue weighted by molar-refractivity contribution is 4.76. The molecule has 0 fully saturated rings. The normalized spacial score (nSPS) is 14.3. The lowest BCUT2D eigenvalue weighted by Gasteiger charge is -2.02. The van der Waals surface area contributed by atoms with Gasteiger partial charge in [0.25, 0.3) is 0 Å². The molecule has 0 saturated carbocycles. The van der Waals surface area contributed by atoms with E-state index in [1.54, 1.807) is 0 Å². The highest BCUT2D eigenvalue weighted by Crippen LogP contribution is 2.06. The summed E-state index contributed by atoms with van der Waals surface area (Å²) in [5.74, 6) is 0.366. The second-order valence-corrected chi connectivity index (χ2v) is 2.77. The molecular weight excluding hydrogens is 124 g/mol. The van der Waals surface area contributed by atoms with E-state index < -0.39 is 0 Å². The van der Waals surface area contributed by atoms with Crippen LogP contribution in [0.3, 0.4) is 0 Å². The molecule has 0 aliphatic rings. The van der Waals surface area contributed by atoms with Crippen molar-refractivity contribution in [1.82, 2.24) is 0 Å². The van der Waals surface area contributed by atoms with Gasteiger partial charge >= 0.3 is 0 Å². The Balaban J connectivity index is 3.03. The van der Waals surface area contributed by atoms with Crippen LogP contribution in [0.15, 0.2) is 12.2 Å². The SMILES string of the molecule is C/C=C/CCCC(C)C[O]. The minimum atomic E-state index is 0.0792. The lowest BCUT2D eigenvalue weighted by atomic mass is 10.1. The molecule has 0 spiro atoms. The lowest BCUT2D eigenvalue weighted by Crippen LogP contribution is -1.97. The van der Waals surface area contributed by atoms with Gasteiger partial charge < -0.3 is 0 Å². The summed E-state index contributed by atoms with van der Waals surface area (Å²) in [5, 5.41) is 10.3. The van der Waals surface area contributed by atoms with E-state index in [0.29, 0.717) is 5.92 Å². The van der Waals surface area contributed by atoms with Crippen LogP contribution in [0.4, 0.5) is 0 Å². The third-order valence-electron chi connectivity index (χ3n) is 1.59. The molecule has 0 heterocycles. The molecule has 0 aromatic heterocycles. The van der Waals surface area contributed by atoms with Crippen LogP contribution >= 0.6 is 0 Å². The molecule has 0 rings (SSSR count). The zero-order valence-electron chi connectivity index (χ0n) is 6.97. The molecule has 59 valence electrons. The van der Waals surface area contributed by atoms with E-state index in [9.17, 15) is 5.11 Å². The number of hydrogen-bond donors (Lipinski definition) is 0. The van der Waals surface area contributed by atoms with Crippen LogP contribution in [0.2, 0.25) is 0 Å². The fraction of sp³-hybridized carbons (Fsp3) is 0.778. The Morgan fingerprint density at radius 3 is 2.70 bits per heavy atom. The number of rotatable bonds is 5. The van der Waals surface area contributed by atoms with Gasteiger partial charge in [0, 0.05) is 0 Å². The van der Waals surface area contributed by atoms with Gasteiger partial charge in [-0.3, -0.25) is 0 Å². The first-order chi connectivity index (χ1) is 4.81. The second-order valence-electron chi connectivity index (χ2n) is 2.77. The van der Waals surface area contributed by atoms with E-state index in [1.165, 1.54) is 0 Å². The van der Waals surface area contributed by atoms with Crippen LogP contribution in [-0.2, 0) is 5.11 Å². The highest BCUT2D eigenvalue weighted by Gasteiger charge is 1.97. The summed E-state index contributed by atoms with van der Waals surface area (Å²) in [6.07, 6.45) is 7.57. The van der Waals surface area contributed by atoms with Crippen molar-refractivity contribution >= 4 is 0 Å². The first-order valence-electron chi connectivity index (χ1n) is 4.00. The van der Waals surface area contributed by atoms with E-state index in [1.807, 2.05) is 13.8 Å². The van der Waals surface area contributed by atoms with Crippen molar-refractivity contribution in [3.05, 3.63) is 12.2 Å². The van der Waals surface area contributed by atoms with Gasteiger partial charge in [-0.25, -0.2) is 5.11 Å². The van der Waals surface area contributed by atoms with E-state index >= 15 is 0 Å². The topological polar surface area (TPSA) is 19.9 Å². The Labute approximate surface area is 63.8 Å². The Morgan fingerprint density at radius 1 is 1.50 bits per heavy atom. The molecule has 0 aromatic carbocycles. The van der Waals surface area contributed by atoms with Crippen LogP contribution in [-0.4, -0.2) is 6.61 Å². The molecule has 1 atom stereocenters. The zero-order chi connectivity index (χ0) is 7.82. The van der Waals surface area contributed by atoms with E-state index in [-0.39, 0.29) is 6.61 Å². The van der Waals surface area contributed by atoms with E-state index in [0.717, 1.165) is 19.3 Å². The Morgan fingerprint density at radius 2 is 2.20 bits per heavy atom. The summed E-state index contributed by atoms with van der Waals surface area (Å²) in [7, 11) is 0. The number of unbranched alkanes of at least 4 members (excludes halogenated alkanes) is 1. The van der Waals surface area contributed by atoms with Crippen molar-refractivity contribution in [2.45, 2.75) is 33.1 Å². The molecule has 0 bridgehead atoms. The molecule has 1 radical (unpaired) electrons. The molecule has 0 saturated heterocycles. The summed E-state index contributed by atoms with van der Waals surface area (Å²) >= 11 is 0. The van der Waals surface area contributed by atoms with Gasteiger partial charge in [-0.2, -0.15) is 0 Å². The smallest absolute Gasteiger partial charge is 0.0847 e. The van der Waals surface area contributed by atoms with E-state index in [4.69, 9.17) is 0 Å². The number of allylic oxidation sites excluding steroid dienone is 2. The van der Waals surface area contributed by atoms with E-state index in [2.05, 4.69) is 12.2 Å². The predicted molar refractivity (Wildman–Crippen MR) is 43.4 cm³/mol. The molecule has 1 heteroatoms. The Kier molecular flexibility index (Phi) is 6.61. The number of hydrogen-bond acceptors (Lipinski definition) is 0. The molecule has 0 aliphatic carbocycles. The van der Waals surface area contributed by atoms with Gasteiger partial charge in [-0.1, -0.05) is 19.1 Å². The van der Waals surface area contributed by atoms with Crippen LogP contribution < -0.4 is 0 Å². The van der Waals surface area contributed by atoms with Crippen LogP contribution in [0.1, 0.15) is 33.1 Å². The van der Waals surface area contributed by atoms with Crippen LogP contribution in [0.25, 0.3) is 0 Å². The van der Waals surface area contributed by atoms with Crippen molar-refractivity contribution in [3.63, 3.8) is 0 Å². The molecule has 0 aromatic rings. The molecule has 0 N–H and O–H groups in total. The quantitative estimate of drug-likeness (QED) is 0.414. The summed E-state index contributed by atoms with van der Waals surface area (Å²) in [6.45, 7) is 4.12. The average molecular weight is 141 g/mol. The molecule has 0 amide bonds. The van der Waals surface area contributed by atoms with Crippen molar-refractivity contribution < 1.29 is 5.11 Å². The summed E-state index contributed by atoms with van der Waals surface area (Å²) in [4.78, 5) is 0. The maximum Gasteiger partial charge on any atom is 0.0847 e. The zero-order valence-corrected chi connectivity index (χ0v) is 6.97. The summed E-state index contributed by atoms with van der Waals surface area (Å²) < 4.78 is 0. The standard InChI is InChI=1S/C9H17O/c1-3-4-5-6-7-9(2)8-10/h3-4,9H,5-8H2,1-2H3/b4-3+. The van der Waals surface area contributed by atoms with Gasteiger partial charge in [-0.05, 0) is 32.1 Å². The van der Waals surface area contributed by atoms with Gasteiger partial charge in [0.1, 0.15) is 0 Å². The highest BCUT2D eigenvalue weighted by atomic mass is 16.3. The minimum absolute atomic E-state index is 0.0792. The second kappa shape index (κ2) is 6.81. The minimum Gasteiger partial charge on any atom is -0.236 e. The van der Waals surface area contributed by atoms with Crippen molar-refractivity contribution in [2.75, 3.05) is 6.61 Å². The monoisotopic (exact) mass is 141 g/mol. The van der Waals surface area contributed by atoms with Crippen LogP contribution in [0, 0.1) is 5.92 Å². The molecular formula is C9H17O. The first kappa shape index (κ1) is 9.70.